The molecule has 2 fully saturated rings. The van der Waals surface area contributed by atoms with Gasteiger partial charge < -0.3 is 24.2 Å². The zero-order chi connectivity index (χ0) is 21.2. The molecule has 2 aliphatic heterocycles. The monoisotopic (exact) mass is 549 g/mol. The number of nitrogens with one attached hydrogen (secondary N) is 1. The summed E-state index contributed by atoms with van der Waals surface area (Å²) in [6, 6.07) is 0. The zero-order valence-corrected chi connectivity index (χ0v) is 21.7. The molecule has 2 saturated heterocycles. The van der Waals surface area contributed by atoms with Gasteiger partial charge in [-0.1, -0.05) is 19.0 Å². The minimum atomic E-state index is 0. The molecule has 0 aromatic carbocycles. The molecule has 3 rings (SSSR count). The number of guanidine groups is 1. The van der Waals surface area contributed by atoms with Crippen LogP contribution in [0.15, 0.2) is 9.52 Å². The van der Waals surface area contributed by atoms with Crippen molar-refractivity contribution < 1.29 is 14.0 Å². The van der Waals surface area contributed by atoms with Gasteiger partial charge in [0.2, 0.25) is 5.89 Å². The third-order valence-corrected chi connectivity index (χ3v) is 5.68. The van der Waals surface area contributed by atoms with Crippen molar-refractivity contribution in [3.63, 3.8) is 0 Å². The van der Waals surface area contributed by atoms with Gasteiger partial charge in [0.25, 0.3) is 0 Å². The van der Waals surface area contributed by atoms with Crippen LogP contribution in [0.4, 0.5) is 0 Å². The Morgan fingerprint density at radius 1 is 1.26 bits per heavy atom. The topological polar surface area (TPSA) is 85.0 Å². The number of likely N-dealkylation sites (tertiary alicyclic amines) is 1. The molecule has 1 N–H and O–H groups in total. The maximum absolute atomic E-state index is 6.14. The predicted molar refractivity (Wildman–Crippen MR) is 132 cm³/mol. The van der Waals surface area contributed by atoms with Crippen molar-refractivity contribution in [1.82, 2.24) is 20.4 Å². The lowest BCUT2D eigenvalue weighted by Gasteiger charge is -2.35. The normalized spacial score (nSPS) is 20.7. The highest BCUT2D eigenvalue weighted by Crippen LogP contribution is 2.18. The lowest BCUT2D eigenvalue weighted by Crippen LogP contribution is -2.47. The first-order chi connectivity index (χ1) is 14.7. The van der Waals surface area contributed by atoms with Crippen molar-refractivity contribution in [2.75, 3.05) is 39.4 Å². The van der Waals surface area contributed by atoms with E-state index in [0.29, 0.717) is 24.0 Å². The zero-order valence-electron chi connectivity index (χ0n) is 19.3. The second-order valence-corrected chi connectivity index (χ2v) is 8.55. The molecule has 0 amide bonds. The molecule has 8 nitrogen and oxygen atoms in total. The molecule has 0 bridgehead atoms. The van der Waals surface area contributed by atoms with Crippen LogP contribution in [-0.2, 0) is 15.9 Å². The highest BCUT2D eigenvalue weighted by Gasteiger charge is 2.23. The van der Waals surface area contributed by atoms with Crippen LogP contribution in [0.3, 0.4) is 0 Å². The van der Waals surface area contributed by atoms with E-state index in [0.717, 1.165) is 83.3 Å². The Hall–Kier alpha value is -0.940. The van der Waals surface area contributed by atoms with Crippen molar-refractivity contribution >= 4 is 29.9 Å². The molecular formula is C22H40IN5O3. The van der Waals surface area contributed by atoms with E-state index in [4.69, 9.17) is 19.0 Å². The van der Waals surface area contributed by atoms with E-state index in [2.05, 4.69) is 41.1 Å². The number of halogens is 1. The molecule has 178 valence electrons. The smallest absolute Gasteiger partial charge is 0.226 e. The van der Waals surface area contributed by atoms with Crippen LogP contribution in [-0.4, -0.2) is 72.6 Å². The summed E-state index contributed by atoms with van der Waals surface area (Å²) < 4.78 is 17.2. The molecular weight excluding hydrogens is 509 g/mol. The first-order valence-electron chi connectivity index (χ1n) is 11.7. The van der Waals surface area contributed by atoms with Crippen molar-refractivity contribution in [2.24, 2.45) is 4.99 Å². The van der Waals surface area contributed by atoms with Gasteiger partial charge in [-0.25, -0.2) is 0 Å². The van der Waals surface area contributed by atoms with E-state index in [1.807, 2.05) is 0 Å². The Kier molecular flexibility index (Phi) is 12.1. The Labute approximate surface area is 203 Å². The second kappa shape index (κ2) is 14.3. The number of rotatable bonds is 9. The summed E-state index contributed by atoms with van der Waals surface area (Å²) in [7, 11) is 0. The number of aryl methyl sites for hydroxylation is 1. The summed E-state index contributed by atoms with van der Waals surface area (Å²) in [4.78, 5) is 11.6. The molecule has 1 aromatic rings. The van der Waals surface area contributed by atoms with Gasteiger partial charge in [-0.15, -0.1) is 24.0 Å². The lowest BCUT2D eigenvalue weighted by atomic mass is 10.1. The van der Waals surface area contributed by atoms with E-state index in [-0.39, 0.29) is 24.0 Å². The van der Waals surface area contributed by atoms with Gasteiger partial charge in [0.1, 0.15) is 0 Å². The molecule has 1 aromatic heterocycles. The summed E-state index contributed by atoms with van der Waals surface area (Å²) in [5, 5.41) is 7.45. The predicted octanol–water partition coefficient (Wildman–Crippen LogP) is 3.76. The van der Waals surface area contributed by atoms with E-state index < -0.39 is 0 Å². The van der Waals surface area contributed by atoms with Crippen molar-refractivity contribution in [2.45, 2.75) is 83.8 Å². The largest absolute Gasteiger partial charge is 0.376 e. The molecule has 31 heavy (non-hydrogen) atoms. The van der Waals surface area contributed by atoms with Crippen molar-refractivity contribution in [3.05, 3.63) is 11.7 Å². The summed E-state index contributed by atoms with van der Waals surface area (Å²) in [6.07, 6.45) is 7.97. The van der Waals surface area contributed by atoms with Crippen molar-refractivity contribution in [1.29, 1.82) is 0 Å². The van der Waals surface area contributed by atoms with Crippen LogP contribution in [0.5, 0.6) is 0 Å². The molecule has 3 heterocycles. The summed E-state index contributed by atoms with van der Waals surface area (Å²) in [5.41, 5.74) is 0. The average Bonchev–Trinajstić information content (AvgIpc) is 3.25. The quantitative estimate of drug-likeness (QED) is 0.217. The standard InChI is InChI=1S/C22H39N5O3.HI/c1-4-23-22(24-12-7-9-20-25-21(17(2)3)26-30-20)27-13-10-18(11-14-27)29-16-19-8-5-6-15-28-19;/h17-19H,4-16H2,1-3H3,(H,23,24);1H. The van der Waals surface area contributed by atoms with E-state index >= 15 is 0 Å². The number of aliphatic imine (C=N–C) groups is 1. The first-order valence-corrected chi connectivity index (χ1v) is 11.7. The highest BCUT2D eigenvalue weighted by atomic mass is 127. The van der Waals surface area contributed by atoms with Crippen LogP contribution in [0.25, 0.3) is 0 Å². The SMILES string of the molecule is CCNC(=NCCCc1nc(C(C)C)no1)N1CCC(OCC2CCCCO2)CC1.I. The minimum Gasteiger partial charge on any atom is -0.376 e. The Balaban J connectivity index is 0.00000341. The van der Waals surface area contributed by atoms with Gasteiger partial charge in [-0.05, 0) is 45.4 Å². The number of nitrogens with zero attached hydrogens (tertiary/aromatic N) is 4. The molecule has 0 aliphatic carbocycles. The van der Waals surface area contributed by atoms with Gasteiger partial charge in [0, 0.05) is 45.1 Å². The second-order valence-electron chi connectivity index (χ2n) is 8.55. The van der Waals surface area contributed by atoms with Crippen LogP contribution in [0.1, 0.15) is 76.9 Å². The lowest BCUT2D eigenvalue weighted by molar-refractivity contribution is -0.0721. The fraction of sp³-hybridized carbons (Fsp3) is 0.864. The van der Waals surface area contributed by atoms with Gasteiger partial charge >= 0.3 is 0 Å². The molecule has 9 heteroatoms. The molecule has 1 unspecified atom stereocenters. The molecule has 1 atom stereocenters. The third kappa shape index (κ3) is 8.84. The minimum absolute atomic E-state index is 0. The fourth-order valence-electron chi connectivity index (χ4n) is 3.86. The van der Waals surface area contributed by atoms with Crippen LogP contribution in [0, 0.1) is 0 Å². The molecule has 2 aliphatic rings. The van der Waals surface area contributed by atoms with Gasteiger partial charge in [-0.3, -0.25) is 4.99 Å². The van der Waals surface area contributed by atoms with E-state index in [9.17, 15) is 0 Å². The summed E-state index contributed by atoms with van der Waals surface area (Å²) in [5.74, 6) is 2.78. The molecule has 0 saturated carbocycles. The third-order valence-electron chi connectivity index (χ3n) is 5.68. The average molecular weight is 549 g/mol. The Morgan fingerprint density at radius 3 is 2.71 bits per heavy atom. The Morgan fingerprint density at radius 2 is 2.06 bits per heavy atom. The molecule has 0 spiro atoms. The highest BCUT2D eigenvalue weighted by molar-refractivity contribution is 14.0. The fourth-order valence-corrected chi connectivity index (χ4v) is 3.86. The van der Waals surface area contributed by atoms with E-state index in [1.54, 1.807) is 0 Å². The summed E-state index contributed by atoms with van der Waals surface area (Å²) >= 11 is 0. The Bertz CT molecular complexity index is 641. The van der Waals surface area contributed by atoms with Crippen LogP contribution >= 0.6 is 24.0 Å². The maximum Gasteiger partial charge on any atom is 0.226 e. The van der Waals surface area contributed by atoms with Crippen LogP contribution < -0.4 is 5.32 Å². The van der Waals surface area contributed by atoms with E-state index in [1.165, 1.54) is 12.8 Å². The summed E-state index contributed by atoms with van der Waals surface area (Å²) in [6.45, 7) is 11.5. The number of hydrogen-bond acceptors (Lipinski definition) is 6. The number of ether oxygens (including phenoxy) is 2. The molecule has 0 radical (unpaired) electrons. The van der Waals surface area contributed by atoms with Crippen molar-refractivity contribution in [3.8, 4) is 0 Å². The van der Waals surface area contributed by atoms with Gasteiger partial charge in [-0.2, -0.15) is 4.98 Å². The first kappa shape index (κ1) is 26.3. The maximum atomic E-state index is 6.14. The van der Waals surface area contributed by atoms with Gasteiger partial charge in [0.05, 0.1) is 18.8 Å². The van der Waals surface area contributed by atoms with Crippen LogP contribution in [0.2, 0.25) is 0 Å². The number of aromatic nitrogens is 2. The number of piperidine rings is 1. The number of hydrogen-bond donors (Lipinski definition) is 1. The van der Waals surface area contributed by atoms with Gasteiger partial charge in [0.15, 0.2) is 11.8 Å².